The van der Waals surface area contributed by atoms with Crippen LogP contribution < -0.4 is 20.3 Å². The van der Waals surface area contributed by atoms with Gasteiger partial charge < -0.3 is 20.3 Å². The number of carbonyl (C=O) groups excluding carboxylic acids is 1. The predicted octanol–water partition coefficient (Wildman–Crippen LogP) is 5.24. The van der Waals surface area contributed by atoms with Gasteiger partial charge in [0.2, 0.25) is 0 Å². The van der Waals surface area contributed by atoms with E-state index in [4.69, 9.17) is 4.74 Å². The highest BCUT2D eigenvalue weighted by Crippen LogP contribution is 2.28. The molecule has 0 atom stereocenters. The molecule has 0 unspecified atom stereocenters. The molecule has 33 heavy (non-hydrogen) atoms. The SMILES string of the molecule is COc1ccccc1Nc1cc(C(=O)NCCCN(C)c2ccccc2)c2ccccc2n1. The zero-order valence-electron chi connectivity index (χ0n) is 18.9. The van der Waals surface area contributed by atoms with Gasteiger partial charge in [0.05, 0.1) is 23.9 Å². The number of benzene rings is 3. The molecule has 0 radical (unpaired) electrons. The molecule has 6 nitrogen and oxygen atoms in total. The van der Waals surface area contributed by atoms with E-state index in [0.29, 0.717) is 23.7 Å². The summed E-state index contributed by atoms with van der Waals surface area (Å²) in [5.74, 6) is 1.19. The maximum absolute atomic E-state index is 13.1. The average Bonchev–Trinajstić information content (AvgIpc) is 2.86. The Morgan fingerprint density at radius 3 is 2.52 bits per heavy atom. The molecule has 1 heterocycles. The fourth-order valence-corrected chi connectivity index (χ4v) is 3.74. The Hall–Kier alpha value is -4.06. The number of rotatable bonds is 9. The molecule has 3 aromatic carbocycles. The lowest BCUT2D eigenvalue weighted by atomic mass is 10.1. The molecule has 0 spiro atoms. The second-order valence-electron chi connectivity index (χ2n) is 7.76. The van der Waals surface area contributed by atoms with E-state index in [2.05, 4.69) is 39.7 Å². The lowest BCUT2D eigenvalue weighted by Crippen LogP contribution is -2.28. The molecule has 0 bridgehead atoms. The highest BCUT2D eigenvalue weighted by molar-refractivity contribution is 6.07. The van der Waals surface area contributed by atoms with Crippen molar-refractivity contribution >= 4 is 34.0 Å². The Morgan fingerprint density at radius 1 is 0.970 bits per heavy atom. The number of carbonyl (C=O) groups is 1. The van der Waals surface area contributed by atoms with Gasteiger partial charge in [-0.05, 0) is 42.8 Å². The van der Waals surface area contributed by atoms with E-state index < -0.39 is 0 Å². The van der Waals surface area contributed by atoms with Crippen molar-refractivity contribution in [2.75, 3.05) is 37.5 Å². The largest absolute Gasteiger partial charge is 0.495 e. The molecule has 0 saturated heterocycles. The Morgan fingerprint density at radius 2 is 1.70 bits per heavy atom. The number of amides is 1. The van der Waals surface area contributed by atoms with Crippen molar-refractivity contribution in [2.45, 2.75) is 6.42 Å². The van der Waals surface area contributed by atoms with Gasteiger partial charge in [-0.25, -0.2) is 4.98 Å². The number of nitrogens with zero attached hydrogens (tertiary/aromatic N) is 2. The highest BCUT2D eigenvalue weighted by atomic mass is 16.5. The van der Waals surface area contributed by atoms with Crippen LogP contribution in [0.2, 0.25) is 0 Å². The summed E-state index contributed by atoms with van der Waals surface area (Å²) in [6.07, 6.45) is 0.840. The number of aromatic nitrogens is 1. The van der Waals surface area contributed by atoms with Crippen molar-refractivity contribution in [3.63, 3.8) is 0 Å². The first-order chi connectivity index (χ1) is 16.2. The normalized spacial score (nSPS) is 10.6. The smallest absolute Gasteiger partial charge is 0.252 e. The lowest BCUT2D eigenvalue weighted by molar-refractivity contribution is 0.0955. The van der Waals surface area contributed by atoms with Gasteiger partial charge in [0.25, 0.3) is 5.91 Å². The molecule has 6 heteroatoms. The van der Waals surface area contributed by atoms with Crippen molar-refractivity contribution < 1.29 is 9.53 Å². The number of methoxy groups -OCH3 is 1. The molecule has 0 fully saturated rings. The maximum Gasteiger partial charge on any atom is 0.252 e. The maximum atomic E-state index is 13.1. The van der Waals surface area contributed by atoms with E-state index in [1.54, 1.807) is 13.2 Å². The summed E-state index contributed by atoms with van der Waals surface area (Å²) in [4.78, 5) is 20.0. The molecule has 168 valence electrons. The van der Waals surface area contributed by atoms with Crippen molar-refractivity contribution in [1.29, 1.82) is 0 Å². The molecule has 4 aromatic rings. The van der Waals surface area contributed by atoms with Crippen LogP contribution in [0.15, 0.2) is 84.9 Å². The zero-order valence-corrected chi connectivity index (χ0v) is 18.9. The summed E-state index contributed by atoms with van der Waals surface area (Å²) < 4.78 is 5.43. The first kappa shape index (κ1) is 22.1. The molecule has 0 saturated carbocycles. The van der Waals surface area contributed by atoms with Crippen LogP contribution in [0.1, 0.15) is 16.8 Å². The van der Waals surface area contributed by atoms with Crippen LogP contribution in [0.3, 0.4) is 0 Å². The van der Waals surface area contributed by atoms with Crippen molar-refractivity contribution in [3.05, 3.63) is 90.5 Å². The minimum absolute atomic E-state index is 0.112. The van der Waals surface area contributed by atoms with Crippen LogP contribution in [0, 0.1) is 0 Å². The number of hydrogen-bond donors (Lipinski definition) is 2. The van der Waals surface area contributed by atoms with Gasteiger partial charge in [-0.2, -0.15) is 0 Å². The van der Waals surface area contributed by atoms with Gasteiger partial charge in [0.1, 0.15) is 11.6 Å². The first-order valence-electron chi connectivity index (χ1n) is 11.0. The Labute approximate surface area is 194 Å². The minimum Gasteiger partial charge on any atom is -0.495 e. The summed E-state index contributed by atoms with van der Waals surface area (Å²) in [6, 6.07) is 27.3. The standard InChI is InChI=1S/C27H28N4O2/c1-31(20-11-4-3-5-12-20)18-10-17-28-27(32)22-19-26(29-23-14-7-6-13-21(22)23)30-24-15-8-9-16-25(24)33-2/h3-9,11-16,19H,10,17-18H2,1-2H3,(H,28,32)(H,29,30). The van der Waals surface area contributed by atoms with Gasteiger partial charge in [-0.1, -0.05) is 48.5 Å². The molecule has 1 aromatic heterocycles. The van der Waals surface area contributed by atoms with Crippen LogP contribution in [-0.2, 0) is 0 Å². The molecule has 4 rings (SSSR count). The quantitative estimate of drug-likeness (QED) is 0.348. The molecule has 0 aliphatic rings. The Bertz CT molecular complexity index is 1230. The van der Waals surface area contributed by atoms with E-state index in [9.17, 15) is 4.79 Å². The van der Waals surface area contributed by atoms with Gasteiger partial charge in [-0.15, -0.1) is 0 Å². The monoisotopic (exact) mass is 440 g/mol. The van der Waals surface area contributed by atoms with Gasteiger partial charge >= 0.3 is 0 Å². The summed E-state index contributed by atoms with van der Waals surface area (Å²) >= 11 is 0. The van der Waals surface area contributed by atoms with Crippen molar-refractivity contribution in [2.24, 2.45) is 0 Å². The van der Waals surface area contributed by atoms with Crippen LogP contribution in [-0.4, -0.2) is 38.1 Å². The molecular formula is C27H28N4O2. The van der Waals surface area contributed by atoms with Gasteiger partial charge in [0, 0.05) is 31.2 Å². The van der Waals surface area contributed by atoms with Crippen LogP contribution >= 0.6 is 0 Å². The highest BCUT2D eigenvalue weighted by Gasteiger charge is 2.14. The predicted molar refractivity (Wildman–Crippen MR) is 135 cm³/mol. The Kier molecular flexibility index (Phi) is 7.05. The fourth-order valence-electron chi connectivity index (χ4n) is 3.74. The zero-order chi connectivity index (χ0) is 23.0. The third-order valence-electron chi connectivity index (χ3n) is 5.48. The van der Waals surface area contributed by atoms with E-state index >= 15 is 0 Å². The summed E-state index contributed by atoms with van der Waals surface area (Å²) in [5, 5.41) is 7.18. The van der Waals surface area contributed by atoms with Crippen LogP contribution in [0.5, 0.6) is 5.75 Å². The minimum atomic E-state index is -0.112. The third-order valence-corrected chi connectivity index (χ3v) is 5.48. The summed E-state index contributed by atoms with van der Waals surface area (Å²) in [6.45, 7) is 1.43. The number of para-hydroxylation sites is 4. The number of pyridine rings is 1. The fraction of sp³-hybridized carbons (Fsp3) is 0.185. The number of anilines is 3. The Balaban J connectivity index is 1.47. The summed E-state index contributed by atoms with van der Waals surface area (Å²) in [5.41, 5.74) is 3.30. The van der Waals surface area contributed by atoms with E-state index in [0.717, 1.165) is 35.2 Å². The summed E-state index contributed by atoms with van der Waals surface area (Å²) in [7, 11) is 3.69. The molecule has 1 amide bonds. The first-order valence-corrected chi connectivity index (χ1v) is 11.0. The number of fused-ring (bicyclic) bond motifs is 1. The van der Waals surface area contributed by atoms with E-state index in [1.807, 2.05) is 66.7 Å². The van der Waals surface area contributed by atoms with E-state index in [1.165, 1.54) is 0 Å². The lowest BCUT2D eigenvalue weighted by Gasteiger charge is -2.19. The second-order valence-corrected chi connectivity index (χ2v) is 7.76. The van der Waals surface area contributed by atoms with Crippen LogP contribution in [0.25, 0.3) is 10.9 Å². The van der Waals surface area contributed by atoms with Crippen LogP contribution in [0.4, 0.5) is 17.2 Å². The average molecular weight is 441 g/mol. The van der Waals surface area contributed by atoms with Gasteiger partial charge in [0.15, 0.2) is 0 Å². The molecule has 2 N–H and O–H groups in total. The van der Waals surface area contributed by atoms with Gasteiger partial charge in [-0.3, -0.25) is 4.79 Å². The number of nitrogens with one attached hydrogen (secondary N) is 2. The number of ether oxygens (including phenoxy) is 1. The topological polar surface area (TPSA) is 66.5 Å². The molecule has 0 aliphatic heterocycles. The number of hydrogen-bond acceptors (Lipinski definition) is 5. The van der Waals surface area contributed by atoms with E-state index in [-0.39, 0.29) is 5.91 Å². The third kappa shape index (κ3) is 5.41. The second kappa shape index (κ2) is 10.5. The van der Waals surface area contributed by atoms with Crippen molar-refractivity contribution in [3.8, 4) is 5.75 Å². The molecular weight excluding hydrogens is 412 g/mol. The van der Waals surface area contributed by atoms with Crippen molar-refractivity contribution in [1.82, 2.24) is 10.3 Å². The molecule has 0 aliphatic carbocycles.